The standard InChI is InChI=1S/C16H22N6O/c1-2-13-18-19-16(22(13)7-1)12-5-8-21(9-6-12)10-14-17-15(20-23-14)11-3-4-11/h11-12H,1-10H2. The van der Waals surface area contributed by atoms with Gasteiger partial charge in [-0.2, -0.15) is 4.98 Å². The molecule has 1 saturated carbocycles. The number of fused-ring (bicyclic) bond motifs is 1. The molecular weight excluding hydrogens is 292 g/mol. The number of hydrogen-bond acceptors (Lipinski definition) is 6. The van der Waals surface area contributed by atoms with E-state index in [2.05, 4.69) is 29.8 Å². The molecule has 23 heavy (non-hydrogen) atoms. The second-order valence-corrected chi connectivity index (χ2v) is 7.10. The fourth-order valence-electron chi connectivity index (χ4n) is 3.86. The van der Waals surface area contributed by atoms with Crippen molar-refractivity contribution >= 4 is 0 Å². The van der Waals surface area contributed by atoms with E-state index in [4.69, 9.17) is 4.52 Å². The molecule has 1 saturated heterocycles. The molecule has 2 aliphatic heterocycles. The molecule has 0 spiro atoms. The van der Waals surface area contributed by atoms with Gasteiger partial charge in [0.25, 0.3) is 0 Å². The van der Waals surface area contributed by atoms with Gasteiger partial charge in [-0.05, 0) is 45.2 Å². The normalized spacial score (nSPS) is 22.6. The first-order chi connectivity index (χ1) is 11.4. The second kappa shape index (κ2) is 5.40. The topological polar surface area (TPSA) is 72.9 Å². The summed E-state index contributed by atoms with van der Waals surface area (Å²) in [6, 6.07) is 0. The van der Waals surface area contributed by atoms with Gasteiger partial charge in [0, 0.05) is 24.8 Å². The van der Waals surface area contributed by atoms with Gasteiger partial charge in [-0.25, -0.2) is 0 Å². The van der Waals surface area contributed by atoms with E-state index in [1.54, 1.807) is 0 Å². The number of aromatic nitrogens is 5. The summed E-state index contributed by atoms with van der Waals surface area (Å²) in [5, 5.41) is 12.9. The highest BCUT2D eigenvalue weighted by Crippen LogP contribution is 2.38. The quantitative estimate of drug-likeness (QED) is 0.858. The third-order valence-corrected chi connectivity index (χ3v) is 5.38. The van der Waals surface area contributed by atoms with E-state index in [9.17, 15) is 0 Å². The van der Waals surface area contributed by atoms with E-state index >= 15 is 0 Å². The van der Waals surface area contributed by atoms with Gasteiger partial charge in [-0.1, -0.05) is 5.16 Å². The Kier molecular flexibility index (Phi) is 3.21. The van der Waals surface area contributed by atoms with Crippen LogP contribution >= 0.6 is 0 Å². The van der Waals surface area contributed by atoms with E-state index in [1.807, 2.05) is 0 Å². The van der Waals surface area contributed by atoms with Crippen LogP contribution < -0.4 is 0 Å². The van der Waals surface area contributed by atoms with Gasteiger partial charge in [-0.15, -0.1) is 10.2 Å². The van der Waals surface area contributed by atoms with Gasteiger partial charge in [0.2, 0.25) is 5.89 Å². The number of rotatable bonds is 4. The molecule has 0 atom stereocenters. The zero-order valence-electron chi connectivity index (χ0n) is 13.3. The molecule has 0 aromatic carbocycles. The van der Waals surface area contributed by atoms with Crippen molar-refractivity contribution in [3.05, 3.63) is 23.4 Å². The van der Waals surface area contributed by atoms with Crippen LogP contribution in [0.25, 0.3) is 0 Å². The van der Waals surface area contributed by atoms with Crippen LogP contribution in [0.2, 0.25) is 0 Å². The molecule has 0 radical (unpaired) electrons. The van der Waals surface area contributed by atoms with Crippen molar-refractivity contribution in [2.75, 3.05) is 13.1 Å². The van der Waals surface area contributed by atoms with E-state index in [-0.39, 0.29) is 0 Å². The minimum Gasteiger partial charge on any atom is -0.338 e. The van der Waals surface area contributed by atoms with Crippen molar-refractivity contribution in [1.82, 2.24) is 29.8 Å². The predicted octanol–water partition coefficient (Wildman–Crippen LogP) is 1.86. The predicted molar refractivity (Wildman–Crippen MR) is 81.9 cm³/mol. The van der Waals surface area contributed by atoms with Crippen molar-refractivity contribution in [1.29, 1.82) is 0 Å². The highest BCUT2D eigenvalue weighted by atomic mass is 16.5. The average molecular weight is 314 g/mol. The summed E-state index contributed by atoms with van der Waals surface area (Å²) in [5.74, 6) is 5.19. The third-order valence-electron chi connectivity index (χ3n) is 5.38. The Hall–Kier alpha value is -1.76. The van der Waals surface area contributed by atoms with Crippen molar-refractivity contribution in [2.24, 2.45) is 0 Å². The van der Waals surface area contributed by atoms with Gasteiger partial charge in [0.1, 0.15) is 11.6 Å². The molecule has 0 amide bonds. The highest BCUT2D eigenvalue weighted by molar-refractivity contribution is 5.07. The van der Waals surface area contributed by atoms with Gasteiger partial charge >= 0.3 is 0 Å². The van der Waals surface area contributed by atoms with E-state index in [0.29, 0.717) is 11.8 Å². The Morgan fingerprint density at radius 3 is 2.70 bits per heavy atom. The number of aryl methyl sites for hydroxylation is 1. The Morgan fingerprint density at radius 2 is 1.87 bits per heavy atom. The van der Waals surface area contributed by atoms with Crippen molar-refractivity contribution in [2.45, 2.75) is 63.5 Å². The van der Waals surface area contributed by atoms with Crippen LogP contribution in [-0.4, -0.2) is 42.9 Å². The molecule has 1 aliphatic carbocycles. The van der Waals surface area contributed by atoms with Crippen LogP contribution in [0, 0.1) is 0 Å². The lowest BCUT2D eigenvalue weighted by molar-refractivity contribution is 0.177. The lowest BCUT2D eigenvalue weighted by Crippen LogP contribution is -2.33. The van der Waals surface area contributed by atoms with Crippen LogP contribution in [-0.2, 0) is 19.5 Å². The first-order valence-corrected chi connectivity index (χ1v) is 8.83. The lowest BCUT2D eigenvalue weighted by atomic mass is 9.96. The third kappa shape index (κ3) is 2.56. The van der Waals surface area contributed by atoms with E-state index < -0.39 is 0 Å². The van der Waals surface area contributed by atoms with E-state index in [0.717, 1.165) is 57.2 Å². The molecule has 2 aromatic heterocycles. The first-order valence-electron chi connectivity index (χ1n) is 8.83. The van der Waals surface area contributed by atoms with Crippen LogP contribution in [0.1, 0.15) is 67.3 Å². The maximum atomic E-state index is 5.40. The zero-order chi connectivity index (χ0) is 15.2. The number of nitrogens with zero attached hydrogens (tertiary/aromatic N) is 6. The van der Waals surface area contributed by atoms with Crippen molar-refractivity contribution < 1.29 is 4.52 Å². The Labute approximate surface area is 135 Å². The smallest absolute Gasteiger partial charge is 0.240 e. The van der Waals surface area contributed by atoms with Crippen molar-refractivity contribution in [3.8, 4) is 0 Å². The average Bonchev–Trinajstić information content (AvgIpc) is 2.97. The Bertz CT molecular complexity index is 695. The molecule has 2 aromatic rings. The molecule has 3 aliphatic rings. The van der Waals surface area contributed by atoms with Crippen LogP contribution in [0.15, 0.2) is 4.52 Å². The number of piperidine rings is 1. The monoisotopic (exact) mass is 314 g/mol. The SMILES string of the molecule is C1Cc2nnc(C3CCN(Cc4nc(C5CC5)no4)CC3)n2C1. The maximum Gasteiger partial charge on any atom is 0.240 e. The van der Waals surface area contributed by atoms with Gasteiger partial charge in [-0.3, -0.25) is 4.90 Å². The number of hydrogen-bond donors (Lipinski definition) is 0. The summed E-state index contributed by atoms with van der Waals surface area (Å²) in [6.45, 7) is 4.01. The summed E-state index contributed by atoms with van der Waals surface area (Å²) < 4.78 is 7.75. The molecular formula is C16H22N6O. The van der Waals surface area contributed by atoms with Gasteiger partial charge in [0.15, 0.2) is 5.82 Å². The minimum absolute atomic E-state index is 0.551. The van der Waals surface area contributed by atoms with Gasteiger partial charge < -0.3 is 9.09 Å². The second-order valence-electron chi connectivity index (χ2n) is 7.10. The van der Waals surface area contributed by atoms with Crippen molar-refractivity contribution in [3.63, 3.8) is 0 Å². The molecule has 122 valence electrons. The zero-order valence-corrected chi connectivity index (χ0v) is 13.3. The van der Waals surface area contributed by atoms with Gasteiger partial charge in [0.05, 0.1) is 6.54 Å². The van der Waals surface area contributed by atoms with Crippen LogP contribution in [0.5, 0.6) is 0 Å². The molecule has 0 bridgehead atoms. The summed E-state index contributed by atoms with van der Waals surface area (Å²) in [4.78, 5) is 6.96. The fraction of sp³-hybridized carbons (Fsp3) is 0.750. The maximum absolute atomic E-state index is 5.40. The molecule has 0 unspecified atom stereocenters. The molecule has 2 fully saturated rings. The Morgan fingerprint density at radius 1 is 1.00 bits per heavy atom. The molecule has 7 heteroatoms. The Balaban J connectivity index is 1.20. The molecule has 7 nitrogen and oxygen atoms in total. The molecule has 5 rings (SSSR count). The highest BCUT2D eigenvalue weighted by Gasteiger charge is 2.30. The first kappa shape index (κ1) is 13.7. The van der Waals surface area contributed by atoms with E-state index in [1.165, 1.54) is 30.9 Å². The minimum atomic E-state index is 0.551. The molecule has 0 N–H and O–H groups in total. The largest absolute Gasteiger partial charge is 0.338 e. The summed E-state index contributed by atoms with van der Waals surface area (Å²) in [5.41, 5.74) is 0. The van der Waals surface area contributed by atoms with Crippen LogP contribution in [0.3, 0.4) is 0 Å². The molecule has 4 heterocycles. The lowest BCUT2D eigenvalue weighted by Gasteiger charge is -2.30. The summed E-state index contributed by atoms with van der Waals surface area (Å²) in [7, 11) is 0. The number of likely N-dealkylation sites (tertiary alicyclic amines) is 1. The van der Waals surface area contributed by atoms with Crippen LogP contribution in [0.4, 0.5) is 0 Å². The summed E-state index contributed by atoms with van der Waals surface area (Å²) >= 11 is 0. The summed E-state index contributed by atoms with van der Waals surface area (Å²) in [6.07, 6.45) is 7.02. The fourth-order valence-corrected chi connectivity index (χ4v) is 3.86.